The molecule has 3 nitrogen and oxygen atoms in total. The van der Waals surface area contributed by atoms with E-state index < -0.39 is 0 Å². The molecule has 40 heavy (non-hydrogen) atoms. The Bertz CT molecular complexity index is 1580. The van der Waals surface area contributed by atoms with Gasteiger partial charge in [-0.15, -0.1) is 35.6 Å². The molecule has 0 aliphatic rings. The van der Waals surface area contributed by atoms with Gasteiger partial charge in [0.15, 0.2) is 0 Å². The van der Waals surface area contributed by atoms with Gasteiger partial charge in [0.05, 0.1) is 5.69 Å². The second-order valence-electron chi connectivity index (χ2n) is 12.0. The number of nitrogens with zero attached hydrogens (tertiary/aromatic N) is 3. The molecule has 4 heteroatoms. The van der Waals surface area contributed by atoms with Crippen LogP contribution in [0.1, 0.15) is 52.7 Å². The smallest absolute Gasteiger partial charge is 0.657 e. The fraction of sp³-hybridized carbons (Fsp3) is 0.222. The average Bonchev–Trinajstić information content (AvgIpc) is 2.93. The van der Waals surface area contributed by atoms with E-state index in [1.54, 1.807) is 6.20 Å². The van der Waals surface area contributed by atoms with E-state index in [1.165, 1.54) is 11.1 Å². The minimum atomic E-state index is 0. The quantitative estimate of drug-likeness (QED) is 0.171. The van der Waals surface area contributed by atoms with E-state index in [2.05, 4.69) is 107 Å². The van der Waals surface area contributed by atoms with Crippen LogP contribution < -0.4 is 0 Å². The van der Waals surface area contributed by atoms with Crippen LogP contribution in [-0.4, -0.2) is 9.97 Å². The van der Waals surface area contributed by atoms with Crippen molar-refractivity contribution in [2.45, 2.75) is 52.4 Å². The van der Waals surface area contributed by atoms with Gasteiger partial charge in [0.1, 0.15) is 0 Å². The Morgan fingerprint density at radius 1 is 0.600 bits per heavy atom. The van der Waals surface area contributed by atoms with E-state index in [0.29, 0.717) is 0 Å². The Morgan fingerprint density at radius 2 is 1.20 bits per heavy atom. The van der Waals surface area contributed by atoms with Crippen LogP contribution in [-0.2, 0) is 31.9 Å². The van der Waals surface area contributed by atoms with Crippen LogP contribution in [0, 0.1) is 6.07 Å². The molecule has 5 rings (SSSR count). The van der Waals surface area contributed by atoms with Gasteiger partial charge in [0.25, 0.3) is 0 Å². The molecule has 0 spiro atoms. The third-order valence-corrected chi connectivity index (χ3v) is 6.88. The summed E-state index contributed by atoms with van der Waals surface area (Å²) in [7, 11) is 0. The summed E-state index contributed by atoms with van der Waals surface area (Å²) in [5.41, 5.74) is 10.0. The van der Waals surface area contributed by atoms with Gasteiger partial charge in [-0.05, 0) is 39.7 Å². The molecule has 2 aromatic heterocycles. The molecule has 0 saturated heterocycles. The maximum Gasteiger partial charge on any atom is 2.00 e. The molecule has 0 fully saturated rings. The summed E-state index contributed by atoms with van der Waals surface area (Å²) < 4.78 is 0. The molecule has 3 aromatic carbocycles. The second-order valence-corrected chi connectivity index (χ2v) is 12.0. The molecule has 0 aliphatic heterocycles. The van der Waals surface area contributed by atoms with Crippen LogP contribution in [0.4, 0.5) is 11.4 Å². The van der Waals surface area contributed by atoms with E-state index >= 15 is 0 Å². The molecule has 2 heterocycles. The molecule has 204 valence electrons. The van der Waals surface area contributed by atoms with Crippen molar-refractivity contribution < 1.29 is 21.1 Å². The van der Waals surface area contributed by atoms with Crippen LogP contribution in [0.5, 0.6) is 0 Å². The van der Waals surface area contributed by atoms with Crippen molar-refractivity contribution in [2.24, 2.45) is 0 Å². The molecule has 0 amide bonds. The minimum Gasteiger partial charge on any atom is -0.657 e. The van der Waals surface area contributed by atoms with E-state index in [4.69, 9.17) is 10.3 Å². The van der Waals surface area contributed by atoms with Gasteiger partial charge in [0.2, 0.25) is 0 Å². The maximum absolute atomic E-state index is 5.11. The van der Waals surface area contributed by atoms with Gasteiger partial charge in [0, 0.05) is 17.6 Å². The molecule has 0 N–H and O–H groups in total. The van der Waals surface area contributed by atoms with Crippen LogP contribution >= 0.6 is 0 Å². The number of aromatic nitrogens is 2. The van der Waals surface area contributed by atoms with Crippen molar-refractivity contribution in [3.05, 3.63) is 126 Å². The van der Waals surface area contributed by atoms with Gasteiger partial charge in [-0.25, -0.2) is 0 Å². The first-order valence-electron chi connectivity index (χ1n) is 13.5. The van der Waals surface area contributed by atoms with Gasteiger partial charge in [-0.1, -0.05) is 119 Å². The van der Waals surface area contributed by atoms with Crippen LogP contribution in [0.25, 0.3) is 39.1 Å². The fourth-order valence-corrected chi connectivity index (χ4v) is 4.50. The van der Waals surface area contributed by atoms with Crippen LogP contribution in [0.3, 0.4) is 0 Å². The normalized spacial score (nSPS) is 11.6. The Balaban J connectivity index is 0.00000370. The number of rotatable bonds is 5. The Morgan fingerprint density at radius 3 is 1.85 bits per heavy atom. The molecule has 5 aromatic rings. The van der Waals surface area contributed by atoms with Crippen LogP contribution in [0.15, 0.2) is 103 Å². The maximum atomic E-state index is 5.11. The van der Waals surface area contributed by atoms with Gasteiger partial charge < -0.3 is 5.32 Å². The Kier molecular flexibility index (Phi) is 8.76. The summed E-state index contributed by atoms with van der Waals surface area (Å²) in [4.78, 5) is 9.60. The first-order chi connectivity index (χ1) is 18.6. The summed E-state index contributed by atoms with van der Waals surface area (Å²) in [5.74, 6) is 0. The van der Waals surface area contributed by atoms with Crippen molar-refractivity contribution in [3.8, 4) is 33.8 Å². The zero-order chi connectivity index (χ0) is 27.6. The molecular formula is C36H35N3Pt. The summed E-state index contributed by atoms with van der Waals surface area (Å²) in [6.07, 6.45) is 1.80. The zero-order valence-corrected chi connectivity index (χ0v) is 26.2. The van der Waals surface area contributed by atoms with Crippen molar-refractivity contribution in [2.75, 3.05) is 0 Å². The molecule has 0 unspecified atom stereocenters. The predicted octanol–water partition coefficient (Wildman–Crippen LogP) is 10.2. The molecule has 0 radical (unpaired) electrons. The van der Waals surface area contributed by atoms with Gasteiger partial charge in [-0.2, -0.15) is 0 Å². The van der Waals surface area contributed by atoms with Gasteiger partial charge >= 0.3 is 21.1 Å². The largest absolute Gasteiger partial charge is 2.00 e. The van der Waals surface area contributed by atoms with Crippen molar-refractivity contribution in [1.29, 1.82) is 0 Å². The first-order valence-corrected chi connectivity index (χ1v) is 13.5. The summed E-state index contributed by atoms with van der Waals surface area (Å²) in [6, 6.07) is 36.8. The number of benzene rings is 3. The van der Waals surface area contributed by atoms with E-state index in [1.807, 2.05) is 42.5 Å². The third-order valence-electron chi connectivity index (χ3n) is 6.88. The summed E-state index contributed by atoms with van der Waals surface area (Å²) in [5, 5.41) is 5.06. The first kappa shape index (κ1) is 29.4. The van der Waals surface area contributed by atoms with Gasteiger partial charge in [-0.3, -0.25) is 9.97 Å². The summed E-state index contributed by atoms with van der Waals surface area (Å²) in [6.45, 7) is 13.4. The number of hydrogen-bond donors (Lipinski definition) is 0. The van der Waals surface area contributed by atoms with Crippen molar-refractivity contribution >= 4 is 11.4 Å². The number of pyridine rings is 2. The standard InChI is InChI=1S/C36H35N3.Pt/c1-35(2,3)27-16-19-29(20-17-27)38-34-21-18-28(36(4,5)6)24-30(34)33-15-10-14-32(39-33)26-12-9-11-25(23-26)31-13-7-8-22-37-31;/h7-22,24H,1-6H3;/q-2;+2. The predicted molar refractivity (Wildman–Crippen MR) is 164 cm³/mol. The van der Waals surface area contributed by atoms with E-state index in [-0.39, 0.29) is 31.9 Å². The van der Waals surface area contributed by atoms with Crippen LogP contribution in [0.2, 0.25) is 0 Å². The molecule has 0 saturated carbocycles. The monoisotopic (exact) mass is 704 g/mol. The zero-order valence-electron chi connectivity index (χ0n) is 24.0. The molecular weight excluding hydrogens is 669 g/mol. The Hall–Kier alpha value is -3.55. The molecule has 0 bridgehead atoms. The molecule has 0 atom stereocenters. The number of hydrogen-bond acceptors (Lipinski definition) is 2. The SMILES string of the molecule is CC(C)(C)c1ccc([N-]c2ccc(C(C)(C)C)cc2-c2cccc(-c3[c-]c(-c4ccccn4)ccc3)n2)cc1.[Pt+2]. The fourth-order valence-electron chi connectivity index (χ4n) is 4.50. The Labute approximate surface area is 253 Å². The van der Waals surface area contributed by atoms with Crippen molar-refractivity contribution in [1.82, 2.24) is 9.97 Å². The molecule has 0 aliphatic carbocycles. The summed E-state index contributed by atoms with van der Waals surface area (Å²) >= 11 is 0. The minimum absolute atomic E-state index is 0. The van der Waals surface area contributed by atoms with E-state index in [9.17, 15) is 0 Å². The average molecular weight is 705 g/mol. The topological polar surface area (TPSA) is 39.9 Å². The second kappa shape index (κ2) is 11.9. The third kappa shape index (κ3) is 6.77. The van der Waals surface area contributed by atoms with Crippen molar-refractivity contribution in [3.63, 3.8) is 0 Å². The van der Waals surface area contributed by atoms with E-state index in [0.717, 1.165) is 45.1 Å².